The Labute approximate surface area is 147 Å². The minimum atomic E-state index is -0.656. The number of esters is 1. The standard InChI is InChI=1S/C19H22N4O2/c1-13-7-9-14(10-8-13)17(23-19-21-11-4-12-22-19)16(20)18(24)25-15-5-2-3-6-15/h4,7-12,15,17,20H,2-3,5-6H2,1H3,(H,21,22,23). The van der Waals surface area contributed by atoms with E-state index in [1.807, 2.05) is 31.2 Å². The third-order valence-corrected chi connectivity index (χ3v) is 4.33. The van der Waals surface area contributed by atoms with E-state index in [-0.39, 0.29) is 11.8 Å². The Morgan fingerprint density at radius 2 is 1.84 bits per heavy atom. The second-order valence-corrected chi connectivity index (χ2v) is 6.29. The molecule has 0 radical (unpaired) electrons. The smallest absolute Gasteiger partial charge is 0.354 e. The molecule has 3 rings (SSSR count). The van der Waals surface area contributed by atoms with Gasteiger partial charge in [0.25, 0.3) is 0 Å². The van der Waals surface area contributed by atoms with Gasteiger partial charge in [-0.25, -0.2) is 14.8 Å². The van der Waals surface area contributed by atoms with Crippen molar-refractivity contribution in [2.24, 2.45) is 0 Å². The maximum absolute atomic E-state index is 12.4. The van der Waals surface area contributed by atoms with E-state index in [0.717, 1.165) is 36.8 Å². The van der Waals surface area contributed by atoms with Crippen LogP contribution in [0.15, 0.2) is 42.7 Å². The molecule has 1 aliphatic carbocycles. The van der Waals surface area contributed by atoms with Gasteiger partial charge in [0.05, 0.1) is 0 Å². The van der Waals surface area contributed by atoms with Crippen molar-refractivity contribution < 1.29 is 9.53 Å². The van der Waals surface area contributed by atoms with Crippen LogP contribution in [-0.2, 0) is 9.53 Å². The predicted octanol–water partition coefficient (Wildman–Crippen LogP) is 3.44. The lowest BCUT2D eigenvalue weighted by atomic mass is 10.0. The molecule has 25 heavy (non-hydrogen) atoms. The van der Waals surface area contributed by atoms with Crippen molar-refractivity contribution in [2.75, 3.05) is 5.32 Å². The van der Waals surface area contributed by atoms with E-state index in [1.54, 1.807) is 18.5 Å². The van der Waals surface area contributed by atoms with E-state index < -0.39 is 12.0 Å². The fourth-order valence-corrected chi connectivity index (χ4v) is 2.92. The quantitative estimate of drug-likeness (QED) is 0.622. The SMILES string of the molecule is Cc1ccc(C(Nc2ncccn2)C(=N)C(=O)OC2CCCC2)cc1. The zero-order chi connectivity index (χ0) is 17.6. The van der Waals surface area contributed by atoms with Crippen molar-refractivity contribution in [1.29, 1.82) is 5.41 Å². The van der Waals surface area contributed by atoms with Gasteiger partial charge in [0.15, 0.2) is 0 Å². The summed E-state index contributed by atoms with van der Waals surface area (Å²) in [5.41, 5.74) is 1.77. The van der Waals surface area contributed by atoms with Crippen LogP contribution in [0.5, 0.6) is 0 Å². The molecule has 0 aliphatic heterocycles. The Hall–Kier alpha value is -2.76. The first-order chi connectivity index (χ1) is 12.1. The topological polar surface area (TPSA) is 88.0 Å². The minimum Gasteiger partial charge on any atom is -0.458 e. The van der Waals surface area contributed by atoms with Gasteiger partial charge in [-0.05, 0) is 44.2 Å². The molecule has 130 valence electrons. The Kier molecular flexibility index (Phi) is 5.38. The number of benzene rings is 1. The average molecular weight is 338 g/mol. The van der Waals surface area contributed by atoms with Crippen molar-refractivity contribution in [1.82, 2.24) is 9.97 Å². The largest absolute Gasteiger partial charge is 0.458 e. The Balaban J connectivity index is 1.80. The van der Waals surface area contributed by atoms with Crippen LogP contribution in [0.1, 0.15) is 42.9 Å². The monoisotopic (exact) mass is 338 g/mol. The van der Waals surface area contributed by atoms with Gasteiger partial charge in [-0.3, -0.25) is 5.41 Å². The highest BCUT2D eigenvalue weighted by molar-refractivity contribution is 6.37. The van der Waals surface area contributed by atoms with Crippen LogP contribution in [0, 0.1) is 12.3 Å². The van der Waals surface area contributed by atoms with Gasteiger partial charge in [0.1, 0.15) is 17.9 Å². The number of aromatic nitrogens is 2. The number of carbonyl (C=O) groups is 1. The van der Waals surface area contributed by atoms with Crippen LogP contribution in [0.4, 0.5) is 5.95 Å². The molecule has 0 amide bonds. The van der Waals surface area contributed by atoms with Crippen LogP contribution in [0.25, 0.3) is 0 Å². The first kappa shape index (κ1) is 17.1. The van der Waals surface area contributed by atoms with Crippen LogP contribution in [-0.4, -0.2) is 27.8 Å². The van der Waals surface area contributed by atoms with E-state index in [9.17, 15) is 4.79 Å². The Morgan fingerprint density at radius 1 is 1.20 bits per heavy atom. The van der Waals surface area contributed by atoms with Crippen molar-refractivity contribution in [2.45, 2.75) is 44.8 Å². The zero-order valence-electron chi connectivity index (χ0n) is 14.2. The number of rotatable bonds is 6. The number of carbonyl (C=O) groups excluding carboxylic acids is 1. The van der Waals surface area contributed by atoms with Crippen LogP contribution >= 0.6 is 0 Å². The van der Waals surface area contributed by atoms with Crippen molar-refractivity contribution in [3.05, 3.63) is 53.9 Å². The molecular formula is C19H22N4O2. The Bertz CT molecular complexity index is 725. The van der Waals surface area contributed by atoms with Gasteiger partial charge in [0, 0.05) is 12.4 Å². The Morgan fingerprint density at radius 3 is 2.48 bits per heavy atom. The molecule has 1 aromatic carbocycles. The molecule has 0 bridgehead atoms. The van der Waals surface area contributed by atoms with E-state index >= 15 is 0 Å². The van der Waals surface area contributed by atoms with Gasteiger partial charge in [-0.15, -0.1) is 0 Å². The summed E-state index contributed by atoms with van der Waals surface area (Å²) >= 11 is 0. The van der Waals surface area contributed by atoms with Gasteiger partial charge >= 0.3 is 5.97 Å². The van der Waals surface area contributed by atoms with Gasteiger partial charge in [0.2, 0.25) is 5.95 Å². The first-order valence-electron chi connectivity index (χ1n) is 8.53. The molecule has 0 spiro atoms. The number of hydrogen-bond donors (Lipinski definition) is 2. The predicted molar refractivity (Wildman–Crippen MR) is 95.6 cm³/mol. The highest BCUT2D eigenvalue weighted by Crippen LogP contribution is 2.24. The van der Waals surface area contributed by atoms with E-state index in [4.69, 9.17) is 10.1 Å². The molecule has 1 unspecified atom stereocenters. The first-order valence-corrected chi connectivity index (χ1v) is 8.53. The summed E-state index contributed by atoms with van der Waals surface area (Å²) in [4.78, 5) is 20.7. The van der Waals surface area contributed by atoms with Crippen LogP contribution < -0.4 is 5.32 Å². The summed E-state index contributed by atoms with van der Waals surface area (Å²) in [7, 11) is 0. The molecule has 6 nitrogen and oxygen atoms in total. The number of aryl methyl sites for hydroxylation is 1. The number of ether oxygens (including phenoxy) is 1. The summed E-state index contributed by atoms with van der Waals surface area (Å²) < 4.78 is 5.49. The second-order valence-electron chi connectivity index (χ2n) is 6.29. The second kappa shape index (κ2) is 7.88. The number of nitrogens with one attached hydrogen (secondary N) is 2. The molecule has 0 saturated heterocycles. The van der Waals surface area contributed by atoms with Gasteiger partial charge in [-0.2, -0.15) is 0 Å². The summed E-state index contributed by atoms with van der Waals surface area (Å²) in [5, 5.41) is 11.4. The highest BCUT2D eigenvalue weighted by Gasteiger charge is 2.28. The third kappa shape index (κ3) is 4.41. The van der Waals surface area contributed by atoms with E-state index in [2.05, 4.69) is 15.3 Å². The van der Waals surface area contributed by atoms with Crippen molar-refractivity contribution >= 4 is 17.6 Å². The maximum atomic E-state index is 12.4. The lowest BCUT2D eigenvalue weighted by Gasteiger charge is -2.21. The molecule has 2 aromatic rings. The normalized spacial score (nSPS) is 15.6. The molecule has 1 aliphatic rings. The lowest BCUT2D eigenvalue weighted by Crippen LogP contribution is -2.31. The van der Waals surface area contributed by atoms with Crippen molar-refractivity contribution in [3.63, 3.8) is 0 Å². The molecular weight excluding hydrogens is 316 g/mol. The molecule has 1 atom stereocenters. The number of anilines is 1. The van der Waals surface area contributed by atoms with Gasteiger partial charge < -0.3 is 10.1 Å². The molecule has 1 saturated carbocycles. The summed E-state index contributed by atoms with van der Waals surface area (Å²) in [6.07, 6.45) is 7.06. The van der Waals surface area contributed by atoms with Crippen LogP contribution in [0.3, 0.4) is 0 Å². The fourth-order valence-electron chi connectivity index (χ4n) is 2.92. The number of nitrogens with zero attached hydrogens (tertiary/aromatic N) is 2. The lowest BCUT2D eigenvalue weighted by molar-refractivity contribution is -0.140. The number of hydrogen-bond acceptors (Lipinski definition) is 6. The van der Waals surface area contributed by atoms with E-state index in [1.165, 1.54) is 0 Å². The minimum absolute atomic E-state index is 0.0699. The molecule has 1 heterocycles. The fraction of sp³-hybridized carbons (Fsp3) is 0.368. The third-order valence-electron chi connectivity index (χ3n) is 4.33. The van der Waals surface area contributed by atoms with Crippen LogP contribution in [0.2, 0.25) is 0 Å². The summed E-state index contributed by atoms with van der Waals surface area (Å²) in [5.74, 6) is -0.215. The summed E-state index contributed by atoms with van der Waals surface area (Å²) in [6.45, 7) is 1.99. The molecule has 1 aromatic heterocycles. The highest BCUT2D eigenvalue weighted by atomic mass is 16.5. The zero-order valence-corrected chi connectivity index (χ0v) is 14.2. The molecule has 6 heteroatoms. The maximum Gasteiger partial charge on any atom is 0.354 e. The molecule has 1 fully saturated rings. The van der Waals surface area contributed by atoms with E-state index in [0.29, 0.717) is 5.95 Å². The van der Waals surface area contributed by atoms with Crippen molar-refractivity contribution in [3.8, 4) is 0 Å². The molecule has 2 N–H and O–H groups in total. The average Bonchev–Trinajstić information content (AvgIpc) is 3.14. The van der Waals surface area contributed by atoms with Gasteiger partial charge in [-0.1, -0.05) is 29.8 Å². The summed E-state index contributed by atoms with van der Waals surface area (Å²) in [6, 6.07) is 8.75.